The number of aromatic amines is 1. The minimum Gasteiger partial charge on any atom is -0.506 e. The second kappa shape index (κ2) is 6.22. The molecule has 1 aromatic heterocycles. The van der Waals surface area contributed by atoms with Crippen molar-refractivity contribution < 1.29 is 18.3 Å². The number of phenols is 1. The Morgan fingerprint density at radius 3 is 2.58 bits per heavy atom. The number of primary amides is 1. The van der Waals surface area contributed by atoms with Crippen LogP contribution in [0.1, 0.15) is 21.6 Å². The summed E-state index contributed by atoms with van der Waals surface area (Å²) in [5.74, 6) is -1.54. The molecule has 26 heavy (non-hydrogen) atoms. The first-order valence-electron chi connectivity index (χ1n) is 7.54. The van der Waals surface area contributed by atoms with Gasteiger partial charge in [-0.15, -0.1) is 0 Å². The minimum absolute atomic E-state index is 0.284. The number of rotatable bonds is 4. The number of aromatic hydroxyl groups is 1. The molecule has 0 unspecified atom stereocenters. The molecule has 0 bridgehead atoms. The van der Waals surface area contributed by atoms with E-state index in [1.807, 2.05) is 19.9 Å². The normalized spacial score (nSPS) is 11.7. The second-order valence-electron chi connectivity index (χ2n) is 5.91. The monoisotopic (exact) mass is 393 g/mol. The highest BCUT2D eigenvalue weighted by molar-refractivity contribution is 7.92. The van der Waals surface area contributed by atoms with Gasteiger partial charge in [0.1, 0.15) is 5.75 Å². The Morgan fingerprint density at radius 1 is 1.23 bits per heavy atom. The van der Waals surface area contributed by atoms with E-state index in [2.05, 4.69) is 9.71 Å². The van der Waals surface area contributed by atoms with E-state index in [-0.39, 0.29) is 15.5 Å². The van der Waals surface area contributed by atoms with Crippen LogP contribution < -0.4 is 10.5 Å². The molecule has 1 amide bonds. The Morgan fingerprint density at radius 2 is 1.92 bits per heavy atom. The highest BCUT2D eigenvalue weighted by Gasteiger charge is 2.21. The van der Waals surface area contributed by atoms with Gasteiger partial charge in [-0.3, -0.25) is 9.52 Å². The third-order valence-corrected chi connectivity index (χ3v) is 5.82. The van der Waals surface area contributed by atoms with Crippen molar-refractivity contribution in [2.24, 2.45) is 5.73 Å². The quantitative estimate of drug-likeness (QED) is 0.543. The fraction of sp³-hybridized carbons (Fsp3) is 0.118. The number of benzene rings is 2. The molecule has 9 heteroatoms. The molecule has 0 atom stereocenters. The predicted octanol–water partition coefficient (Wildman–Crippen LogP) is 3.04. The lowest BCUT2D eigenvalue weighted by atomic mass is 10.1. The highest BCUT2D eigenvalue weighted by Crippen LogP contribution is 2.32. The zero-order valence-corrected chi connectivity index (χ0v) is 15.5. The summed E-state index contributed by atoms with van der Waals surface area (Å²) in [5.41, 5.74) is 7.99. The molecule has 3 aromatic rings. The van der Waals surface area contributed by atoms with Crippen molar-refractivity contribution >= 4 is 44.1 Å². The number of amides is 1. The zero-order chi connectivity index (χ0) is 19.2. The number of carbonyl (C=O) groups excluding carboxylic acids is 1. The largest absolute Gasteiger partial charge is 0.506 e. The summed E-state index contributed by atoms with van der Waals surface area (Å²) in [6.07, 6.45) is 0. The number of aromatic nitrogens is 1. The summed E-state index contributed by atoms with van der Waals surface area (Å²) in [5, 5.41) is 10.5. The van der Waals surface area contributed by atoms with Gasteiger partial charge in [0.2, 0.25) is 0 Å². The van der Waals surface area contributed by atoms with Gasteiger partial charge in [-0.25, -0.2) is 8.42 Å². The van der Waals surface area contributed by atoms with Gasteiger partial charge in [-0.05, 0) is 43.7 Å². The molecule has 0 fully saturated rings. The van der Waals surface area contributed by atoms with E-state index in [1.165, 1.54) is 0 Å². The van der Waals surface area contributed by atoms with Crippen molar-refractivity contribution in [3.63, 3.8) is 0 Å². The summed E-state index contributed by atoms with van der Waals surface area (Å²) in [7, 11) is -4.05. The molecule has 0 saturated heterocycles. The van der Waals surface area contributed by atoms with Crippen LogP contribution in [-0.2, 0) is 10.0 Å². The van der Waals surface area contributed by atoms with Gasteiger partial charge in [-0.1, -0.05) is 17.7 Å². The molecule has 3 rings (SSSR count). The molecule has 0 spiro atoms. The number of hydrogen-bond acceptors (Lipinski definition) is 4. The van der Waals surface area contributed by atoms with Gasteiger partial charge < -0.3 is 15.8 Å². The number of halogens is 1. The number of anilines is 1. The number of H-pyrrole nitrogens is 1. The number of fused-ring (bicyclic) bond motifs is 1. The van der Waals surface area contributed by atoms with Gasteiger partial charge in [0.15, 0.2) is 0 Å². The maximum Gasteiger partial charge on any atom is 0.261 e. The van der Waals surface area contributed by atoms with E-state index in [9.17, 15) is 18.3 Å². The number of sulfonamides is 1. The zero-order valence-electron chi connectivity index (χ0n) is 13.9. The lowest BCUT2D eigenvalue weighted by Gasteiger charge is -2.11. The summed E-state index contributed by atoms with van der Waals surface area (Å²) in [6.45, 7) is 3.91. The van der Waals surface area contributed by atoms with E-state index in [4.69, 9.17) is 17.3 Å². The molecule has 5 N–H and O–H groups in total. The molecule has 0 saturated carbocycles. The maximum atomic E-state index is 12.6. The fourth-order valence-corrected chi connectivity index (χ4v) is 4.05. The van der Waals surface area contributed by atoms with E-state index in [1.54, 1.807) is 12.1 Å². The number of nitrogens with two attached hydrogens (primary N) is 1. The first-order valence-corrected chi connectivity index (χ1v) is 9.40. The topological polar surface area (TPSA) is 125 Å². The van der Waals surface area contributed by atoms with Crippen molar-refractivity contribution in [3.8, 4) is 5.75 Å². The fourth-order valence-electron chi connectivity index (χ4n) is 2.67. The summed E-state index contributed by atoms with van der Waals surface area (Å²) < 4.78 is 27.7. The summed E-state index contributed by atoms with van der Waals surface area (Å²) in [4.78, 5) is 14.3. The van der Waals surface area contributed by atoms with Crippen LogP contribution in [0.15, 0.2) is 35.2 Å². The molecule has 0 radical (unpaired) electrons. The van der Waals surface area contributed by atoms with Gasteiger partial charge in [0.05, 0.1) is 21.2 Å². The summed E-state index contributed by atoms with van der Waals surface area (Å²) >= 11 is 5.82. The summed E-state index contributed by atoms with van der Waals surface area (Å²) in [6, 6.07) is 7.15. The Labute approximate surface area is 154 Å². The second-order valence-corrected chi connectivity index (χ2v) is 8.00. The van der Waals surface area contributed by atoms with Crippen LogP contribution in [0.5, 0.6) is 5.75 Å². The van der Waals surface area contributed by atoms with Gasteiger partial charge in [0.25, 0.3) is 15.9 Å². The molecule has 0 aliphatic carbocycles. The van der Waals surface area contributed by atoms with E-state index in [0.717, 1.165) is 34.3 Å². The molecule has 1 heterocycles. The van der Waals surface area contributed by atoms with Crippen LogP contribution in [0.4, 0.5) is 5.69 Å². The molecular weight excluding hydrogens is 378 g/mol. The van der Waals surface area contributed by atoms with Crippen LogP contribution in [0, 0.1) is 13.8 Å². The van der Waals surface area contributed by atoms with E-state index in [0.29, 0.717) is 5.69 Å². The number of aryl methyl sites for hydroxylation is 2. The van der Waals surface area contributed by atoms with Gasteiger partial charge in [-0.2, -0.15) is 0 Å². The molecular formula is C17H16ClN3O4S. The predicted molar refractivity (Wildman–Crippen MR) is 100 cm³/mol. The van der Waals surface area contributed by atoms with Crippen LogP contribution in [-0.4, -0.2) is 24.4 Å². The van der Waals surface area contributed by atoms with Crippen LogP contribution in [0.25, 0.3) is 10.9 Å². The highest BCUT2D eigenvalue weighted by atomic mass is 35.5. The SMILES string of the molecule is Cc1[nH]c2cc(NS(=O)(=O)c3cc(Cl)c(O)c(C(N)=O)c3)ccc2c1C. The minimum atomic E-state index is -4.05. The molecule has 7 nitrogen and oxygen atoms in total. The Bertz CT molecular complexity index is 1150. The first-order chi connectivity index (χ1) is 12.1. The average Bonchev–Trinajstić information content (AvgIpc) is 2.83. The van der Waals surface area contributed by atoms with Crippen molar-refractivity contribution in [3.05, 3.63) is 52.2 Å². The van der Waals surface area contributed by atoms with Crippen molar-refractivity contribution in [1.82, 2.24) is 4.98 Å². The third kappa shape index (κ3) is 3.09. The van der Waals surface area contributed by atoms with Crippen LogP contribution in [0.3, 0.4) is 0 Å². The van der Waals surface area contributed by atoms with E-state index < -0.39 is 21.7 Å². The lowest BCUT2D eigenvalue weighted by Crippen LogP contribution is -2.16. The standard InChI is InChI=1S/C17H16ClN3O4S/c1-8-9(2)20-15-5-10(3-4-12(8)15)21-26(24,25)11-6-13(17(19)23)16(22)14(18)7-11/h3-7,20-22H,1-2H3,(H2,19,23). The molecule has 2 aromatic carbocycles. The number of hydrogen-bond donors (Lipinski definition) is 4. The van der Waals surface area contributed by atoms with Gasteiger partial charge >= 0.3 is 0 Å². The first kappa shape index (κ1) is 18.1. The average molecular weight is 394 g/mol. The molecule has 0 aliphatic rings. The van der Waals surface area contributed by atoms with Crippen molar-refractivity contribution in [2.75, 3.05) is 4.72 Å². The van der Waals surface area contributed by atoms with Gasteiger partial charge in [0, 0.05) is 16.6 Å². The van der Waals surface area contributed by atoms with Crippen molar-refractivity contribution in [2.45, 2.75) is 18.7 Å². The Balaban J connectivity index is 2.03. The van der Waals surface area contributed by atoms with Crippen LogP contribution in [0.2, 0.25) is 5.02 Å². The van der Waals surface area contributed by atoms with E-state index >= 15 is 0 Å². The Hall–Kier alpha value is -2.71. The smallest absolute Gasteiger partial charge is 0.261 e. The number of nitrogens with one attached hydrogen (secondary N) is 2. The molecule has 136 valence electrons. The molecule has 0 aliphatic heterocycles. The van der Waals surface area contributed by atoms with Crippen LogP contribution >= 0.6 is 11.6 Å². The number of carbonyl (C=O) groups is 1. The third-order valence-electron chi connectivity index (χ3n) is 4.17. The van der Waals surface area contributed by atoms with Crippen molar-refractivity contribution in [1.29, 1.82) is 0 Å². The maximum absolute atomic E-state index is 12.6. The Kier molecular flexibility index (Phi) is 4.33. The lowest BCUT2D eigenvalue weighted by molar-refractivity contribution is 0.0997.